The lowest BCUT2D eigenvalue weighted by atomic mass is 10.0. The number of aliphatic hydroxyl groups is 1. The zero-order valence-corrected chi connectivity index (χ0v) is 10.9. The highest BCUT2D eigenvalue weighted by Crippen LogP contribution is 2.16. The third-order valence-corrected chi connectivity index (χ3v) is 2.62. The lowest BCUT2D eigenvalue weighted by Crippen LogP contribution is -2.15. The molecule has 1 rings (SSSR count). The lowest BCUT2D eigenvalue weighted by molar-refractivity contribution is -0.153. The highest BCUT2D eigenvalue weighted by Gasteiger charge is 2.17. The first-order valence-electron chi connectivity index (χ1n) is 6.11. The predicted molar refractivity (Wildman–Crippen MR) is 68.2 cm³/mol. The molecule has 1 N–H and O–H groups in total. The van der Waals surface area contributed by atoms with E-state index in [-0.39, 0.29) is 6.61 Å². The number of aryl methyl sites for hydroxylation is 1. The Balaban J connectivity index is 2.56. The number of carbonyl (C=O) groups is 1. The van der Waals surface area contributed by atoms with E-state index in [0.29, 0.717) is 5.56 Å². The molecule has 0 aliphatic heterocycles. The molecule has 1 atom stereocenters. The van der Waals surface area contributed by atoms with Gasteiger partial charge in [-0.05, 0) is 30.9 Å². The molecular weight excluding hydrogens is 232 g/mol. The van der Waals surface area contributed by atoms with Crippen molar-refractivity contribution in [3.63, 3.8) is 0 Å². The van der Waals surface area contributed by atoms with Crippen molar-refractivity contribution in [2.75, 3.05) is 20.3 Å². The van der Waals surface area contributed by atoms with Crippen molar-refractivity contribution in [2.45, 2.75) is 25.9 Å². The molecule has 1 unspecified atom stereocenters. The van der Waals surface area contributed by atoms with Crippen LogP contribution in [-0.4, -0.2) is 31.4 Å². The minimum absolute atomic E-state index is 0.269. The highest BCUT2D eigenvalue weighted by molar-refractivity contribution is 5.76. The fraction of sp³-hybridized carbons (Fsp3) is 0.500. The molecule has 0 aromatic heterocycles. The van der Waals surface area contributed by atoms with Crippen LogP contribution >= 0.6 is 0 Å². The van der Waals surface area contributed by atoms with Crippen LogP contribution in [0, 0.1) is 0 Å². The Morgan fingerprint density at radius 1 is 1.33 bits per heavy atom. The average Bonchev–Trinajstić information content (AvgIpc) is 2.39. The normalized spacial score (nSPS) is 12.2. The van der Waals surface area contributed by atoms with E-state index < -0.39 is 12.1 Å². The molecule has 0 aliphatic rings. The Labute approximate surface area is 108 Å². The number of esters is 1. The van der Waals surface area contributed by atoms with Crippen molar-refractivity contribution >= 4 is 5.97 Å². The van der Waals surface area contributed by atoms with Crippen LogP contribution in [0.15, 0.2) is 24.3 Å². The largest absolute Gasteiger partial charge is 0.464 e. The maximum Gasteiger partial charge on any atom is 0.339 e. The van der Waals surface area contributed by atoms with Gasteiger partial charge >= 0.3 is 5.97 Å². The minimum Gasteiger partial charge on any atom is -0.464 e. The molecule has 0 radical (unpaired) electrons. The van der Waals surface area contributed by atoms with Crippen molar-refractivity contribution in [1.82, 2.24) is 0 Å². The molecule has 0 bridgehead atoms. The van der Waals surface area contributed by atoms with Gasteiger partial charge in [0.25, 0.3) is 0 Å². The number of hydrogen-bond acceptors (Lipinski definition) is 4. The Hall–Kier alpha value is -1.39. The summed E-state index contributed by atoms with van der Waals surface area (Å²) in [5, 5.41) is 9.73. The molecule has 0 amide bonds. The number of ether oxygens (including phenoxy) is 2. The lowest BCUT2D eigenvalue weighted by Gasteiger charge is -2.10. The van der Waals surface area contributed by atoms with E-state index in [4.69, 9.17) is 9.47 Å². The molecular formula is C14H20O4. The third-order valence-electron chi connectivity index (χ3n) is 2.62. The van der Waals surface area contributed by atoms with Crippen molar-refractivity contribution in [3.8, 4) is 0 Å². The summed E-state index contributed by atoms with van der Waals surface area (Å²) in [5.74, 6) is -0.607. The zero-order chi connectivity index (χ0) is 13.4. The van der Waals surface area contributed by atoms with Gasteiger partial charge in [-0.3, -0.25) is 0 Å². The van der Waals surface area contributed by atoms with Gasteiger partial charge in [-0.2, -0.15) is 0 Å². The molecule has 4 heteroatoms. The summed E-state index contributed by atoms with van der Waals surface area (Å²) in [6, 6.07) is 7.33. The molecule has 1 aromatic rings. The van der Waals surface area contributed by atoms with Crippen LogP contribution in [0.3, 0.4) is 0 Å². The van der Waals surface area contributed by atoms with Crippen molar-refractivity contribution in [1.29, 1.82) is 0 Å². The minimum atomic E-state index is -1.20. The van der Waals surface area contributed by atoms with Gasteiger partial charge in [0.1, 0.15) is 0 Å². The molecule has 18 heavy (non-hydrogen) atoms. The topological polar surface area (TPSA) is 55.8 Å². The number of hydrogen-bond donors (Lipinski definition) is 1. The Bertz CT molecular complexity index is 359. The summed E-state index contributed by atoms with van der Waals surface area (Å²) in [6.07, 6.45) is 0.679. The molecule has 0 saturated carbocycles. The van der Waals surface area contributed by atoms with Crippen LogP contribution in [0.1, 0.15) is 30.6 Å². The van der Waals surface area contributed by atoms with Crippen LogP contribution in [0.2, 0.25) is 0 Å². The van der Waals surface area contributed by atoms with Gasteiger partial charge in [-0.1, -0.05) is 24.3 Å². The maximum atomic E-state index is 11.4. The second-order valence-corrected chi connectivity index (χ2v) is 3.99. The van der Waals surface area contributed by atoms with Crippen LogP contribution in [0.4, 0.5) is 0 Å². The molecule has 0 fully saturated rings. The summed E-state index contributed by atoms with van der Waals surface area (Å²) >= 11 is 0. The number of carbonyl (C=O) groups excluding carboxylic acids is 1. The van der Waals surface area contributed by atoms with Crippen LogP contribution in [0.25, 0.3) is 0 Å². The molecule has 4 nitrogen and oxygen atoms in total. The first-order valence-corrected chi connectivity index (χ1v) is 6.11. The Morgan fingerprint density at radius 3 is 2.56 bits per heavy atom. The molecule has 1 aromatic carbocycles. The number of methoxy groups -OCH3 is 1. The summed E-state index contributed by atoms with van der Waals surface area (Å²) < 4.78 is 9.74. The number of aliphatic hydroxyl groups excluding tert-OH is 1. The summed E-state index contributed by atoms with van der Waals surface area (Å²) in [7, 11) is 1.68. The zero-order valence-electron chi connectivity index (χ0n) is 10.9. The number of rotatable bonds is 7. The maximum absolute atomic E-state index is 11.4. The van der Waals surface area contributed by atoms with Gasteiger partial charge < -0.3 is 14.6 Å². The molecule has 0 aliphatic carbocycles. The van der Waals surface area contributed by atoms with E-state index in [9.17, 15) is 9.90 Å². The van der Waals surface area contributed by atoms with E-state index in [2.05, 4.69) is 0 Å². The van der Waals surface area contributed by atoms with Gasteiger partial charge in [0.2, 0.25) is 0 Å². The Kier molecular flexibility index (Phi) is 6.39. The van der Waals surface area contributed by atoms with E-state index >= 15 is 0 Å². The third kappa shape index (κ3) is 4.47. The second kappa shape index (κ2) is 7.84. The smallest absolute Gasteiger partial charge is 0.339 e. The molecule has 100 valence electrons. The molecule has 0 heterocycles. The first-order chi connectivity index (χ1) is 8.69. The quantitative estimate of drug-likeness (QED) is 0.594. The van der Waals surface area contributed by atoms with Gasteiger partial charge in [-0.25, -0.2) is 4.79 Å². The standard InChI is InChI=1S/C14H20O4/c1-3-18-14(16)13(15)12-8-6-11(7-9-12)5-4-10-17-2/h6-9,13,15H,3-5,10H2,1-2H3. The van der Waals surface area contributed by atoms with E-state index in [0.717, 1.165) is 25.0 Å². The van der Waals surface area contributed by atoms with Crippen LogP contribution in [0.5, 0.6) is 0 Å². The number of benzene rings is 1. The summed E-state index contributed by atoms with van der Waals surface area (Å²) in [5.41, 5.74) is 1.72. The fourth-order valence-electron chi connectivity index (χ4n) is 1.64. The van der Waals surface area contributed by atoms with Gasteiger partial charge in [0.05, 0.1) is 6.61 Å². The van der Waals surface area contributed by atoms with Crippen LogP contribution < -0.4 is 0 Å². The van der Waals surface area contributed by atoms with Gasteiger partial charge in [0.15, 0.2) is 6.10 Å². The van der Waals surface area contributed by atoms with Gasteiger partial charge in [0, 0.05) is 13.7 Å². The summed E-state index contributed by atoms with van der Waals surface area (Å²) in [6.45, 7) is 2.71. The monoisotopic (exact) mass is 252 g/mol. The van der Waals surface area contributed by atoms with Gasteiger partial charge in [-0.15, -0.1) is 0 Å². The van der Waals surface area contributed by atoms with E-state index in [1.807, 2.05) is 12.1 Å². The predicted octanol–water partition coefficient (Wildman–Crippen LogP) is 1.86. The SMILES string of the molecule is CCOC(=O)C(O)c1ccc(CCCOC)cc1. The van der Waals surface area contributed by atoms with Crippen LogP contribution in [-0.2, 0) is 20.7 Å². The highest BCUT2D eigenvalue weighted by atomic mass is 16.5. The Morgan fingerprint density at radius 2 is 2.00 bits per heavy atom. The van der Waals surface area contributed by atoms with E-state index in [1.165, 1.54) is 0 Å². The van der Waals surface area contributed by atoms with E-state index in [1.54, 1.807) is 26.2 Å². The second-order valence-electron chi connectivity index (χ2n) is 3.99. The average molecular weight is 252 g/mol. The van der Waals surface area contributed by atoms with Crippen molar-refractivity contribution in [2.24, 2.45) is 0 Å². The first kappa shape index (κ1) is 14.7. The molecule has 0 saturated heterocycles. The molecule has 0 spiro atoms. The van der Waals surface area contributed by atoms with Crippen molar-refractivity contribution < 1.29 is 19.4 Å². The van der Waals surface area contributed by atoms with Crippen molar-refractivity contribution in [3.05, 3.63) is 35.4 Å². The fourth-order valence-corrected chi connectivity index (χ4v) is 1.64. The summed E-state index contributed by atoms with van der Waals surface area (Å²) in [4.78, 5) is 11.4.